The molecular formula is C17H20N2O2. The summed E-state index contributed by atoms with van der Waals surface area (Å²) < 4.78 is 0. The van der Waals surface area contributed by atoms with Gasteiger partial charge in [0.2, 0.25) is 5.91 Å². The number of amides is 1. The van der Waals surface area contributed by atoms with Gasteiger partial charge in [0.15, 0.2) is 0 Å². The van der Waals surface area contributed by atoms with Crippen LogP contribution in [0.25, 0.3) is 10.9 Å². The van der Waals surface area contributed by atoms with Crippen LogP contribution in [0, 0.1) is 5.92 Å². The fraction of sp³-hybridized carbons (Fsp3) is 0.412. The molecule has 0 unspecified atom stereocenters. The standard InChI is InChI=1S/C17H20N2O2/c20-14-7-5-12(6-8-14)17(21)18-10-9-13-11-19-16-4-2-1-3-15(13)16/h1-4,11-12,19H,5-10H2,(H,18,21). The van der Waals surface area contributed by atoms with Crippen LogP contribution in [-0.2, 0) is 16.0 Å². The highest BCUT2D eigenvalue weighted by atomic mass is 16.2. The van der Waals surface area contributed by atoms with Crippen molar-refractivity contribution in [1.82, 2.24) is 10.3 Å². The number of aromatic nitrogens is 1. The van der Waals surface area contributed by atoms with E-state index >= 15 is 0 Å². The number of hydrogen-bond acceptors (Lipinski definition) is 2. The van der Waals surface area contributed by atoms with Gasteiger partial charge in [-0.25, -0.2) is 0 Å². The van der Waals surface area contributed by atoms with Crippen LogP contribution in [0.4, 0.5) is 0 Å². The monoisotopic (exact) mass is 284 g/mol. The van der Waals surface area contributed by atoms with Crippen molar-refractivity contribution in [2.45, 2.75) is 32.1 Å². The van der Waals surface area contributed by atoms with Gasteiger partial charge in [-0.15, -0.1) is 0 Å². The molecule has 0 atom stereocenters. The Kier molecular flexibility index (Phi) is 4.04. The van der Waals surface area contributed by atoms with Crippen molar-refractivity contribution < 1.29 is 9.59 Å². The first-order valence-electron chi connectivity index (χ1n) is 7.58. The van der Waals surface area contributed by atoms with Gasteiger partial charge in [-0.05, 0) is 30.9 Å². The number of H-pyrrole nitrogens is 1. The average Bonchev–Trinajstić information content (AvgIpc) is 2.91. The first-order valence-corrected chi connectivity index (χ1v) is 7.58. The van der Waals surface area contributed by atoms with Crippen molar-refractivity contribution in [3.8, 4) is 0 Å². The van der Waals surface area contributed by atoms with Crippen LogP contribution in [0.5, 0.6) is 0 Å². The summed E-state index contributed by atoms with van der Waals surface area (Å²) >= 11 is 0. The zero-order chi connectivity index (χ0) is 14.7. The van der Waals surface area contributed by atoms with Gasteiger partial charge in [-0.1, -0.05) is 18.2 Å². The van der Waals surface area contributed by atoms with Crippen LogP contribution < -0.4 is 5.32 Å². The van der Waals surface area contributed by atoms with E-state index in [0.29, 0.717) is 32.2 Å². The molecule has 0 spiro atoms. The largest absolute Gasteiger partial charge is 0.361 e. The smallest absolute Gasteiger partial charge is 0.223 e. The van der Waals surface area contributed by atoms with E-state index in [0.717, 1.165) is 11.9 Å². The molecule has 1 aliphatic rings. The quantitative estimate of drug-likeness (QED) is 0.906. The fourth-order valence-electron chi connectivity index (χ4n) is 3.01. The Bertz CT molecular complexity index is 650. The maximum Gasteiger partial charge on any atom is 0.223 e. The van der Waals surface area contributed by atoms with Gasteiger partial charge >= 0.3 is 0 Å². The molecule has 2 aromatic rings. The lowest BCUT2D eigenvalue weighted by atomic mass is 9.88. The van der Waals surface area contributed by atoms with Crippen molar-refractivity contribution >= 4 is 22.6 Å². The molecule has 3 rings (SSSR count). The van der Waals surface area contributed by atoms with Gasteiger partial charge in [0, 0.05) is 42.4 Å². The second-order valence-electron chi connectivity index (χ2n) is 5.71. The molecule has 0 saturated heterocycles. The van der Waals surface area contributed by atoms with E-state index in [2.05, 4.69) is 22.4 Å². The Labute approximate surface area is 123 Å². The maximum absolute atomic E-state index is 12.1. The van der Waals surface area contributed by atoms with E-state index in [1.807, 2.05) is 18.3 Å². The number of fused-ring (bicyclic) bond motifs is 1. The number of aromatic amines is 1. The molecule has 0 aliphatic heterocycles. The first-order chi connectivity index (χ1) is 10.2. The van der Waals surface area contributed by atoms with Gasteiger partial charge in [0.05, 0.1) is 0 Å². The molecule has 21 heavy (non-hydrogen) atoms. The molecule has 1 saturated carbocycles. The topological polar surface area (TPSA) is 62.0 Å². The second-order valence-corrected chi connectivity index (χ2v) is 5.71. The van der Waals surface area contributed by atoms with Crippen LogP contribution in [0.1, 0.15) is 31.2 Å². The summed E-state index contributed by atoms with van der Waals surface area (Å²) in [5.74, 6) is 0.408. The number of benzene rings is 1. The summed E-state index contributed by atoms with van der Waals surface area (Å²) in [5.41, 5.74) is 2.36. The minimum absolute atomic E-state index is 0.0191. The highest BCUT2D eigenvalue weighted by Crippen LogP contribution is 2.21. The Morgan fingerprint density at radius 3 is 2.81 bits per heavy atom. The van der Waals surface area contributed by atoms with Gasteiger partial charge < -0.3 is 10.3 Å². The predicted molar refractivity (Wildman–Crippen MR) is 82.0 cm³/mol. The highest BCUT2D eigenvalue weighted by Gasteiger charge is 2.24. The van der Waals surface area contributed by atoms with Crippen LogP contribution in [0.2, 0.25) is 0 Å². The summed E-state index contributed by atoms with van der Waals surface area (Å²) in [6, 6.07) is 8.18. The van der Waals surface area contributed by atoms with Crippen molar-refractivity contribution in [2.75, 3.05) is 6.54 Å². The lowest BCUT2D eigenvalue weighted by Gasteiger charge is -2.20. The number of nitrogens with one attached hydrogen (secondary N) is 2. The third-order valence-corrected chi connectivity index (χ3v) is 4.28. The minimum atomic E-state index is 0.0191. The normalized spacial score (nSPS) is 16.3. The highest BCUT2D eigenvalue weighted by molar-refractivity contribution is 5.85. The van der Waals surface area contributed by atoms with E-state index in [9.17, 15) is 9.59 Å². The Hall–Kier alpha value is -2.10. The molecule has 1 aromatic carbocycles. The zero-order valence-corrected chi connectivity index (χ0v) is 12.0. The summed E-state index contributed by atoms with van der Waals surface area (Å²) in [6.45, 7) is 0.644. The summed E-state index contributed by atoms with van der Waals surface area (Å²) in [4.78, 5) is 26.5. The Balaban J connectivity index is 1.52. The lowest BCUT2D eigenvalue weighted by Crippen LogP contribution is -2.34. The summed E-state index contributed by atoms with van der Waals surface area (Å²) in [6.07, 6.45) is 5.36. The van der Waals surface area contributed by atoms with E-state index in [4.69, 9.17) is 0 Å². The molecule has 1 aliphatic carbocycles. The average molecular weight is 284 g/mol. The molecule has 1 fully saturated rings. The van der Waals surface area contributed by atoms with Crippen LogP contribution in [-0.4, -0.2) is 23.2 Å². The van der Waals surface area contributed by atoms with Crippen LogP contribution in [0.3, 0.4) is 0 Å². The molecule has 2 N–H and O–H groups in total. The molecule has 4 nitrogen and oxygen atoms in total. The van der Waals surface area contributed by atoms with Gasteiger partial charge in [-0.3, -0.25) is 9.59 Å². The van der Waals surface area contributed by atoms with E-state index in [1.165, 1.54) is 10.9 Å². The molecule has 1 aromatic heterocycles. The maximum atomic E-state index is 12.1. The number of ketones is 1. The number of Topliss-reactive ketones (excluding diaryl/α,β-unsaturated/α-hetero) is 1. The number of rotatable bonds is 4. The zero-order valence-electron chi connectivity index (χ0n) is 12.0. The van der Waals surface area contributed by atoms with E-state index < -0.39 is 0 Å². The number of hydrogen-bond donors (Lipinski definition) is 2. The second kappa shape index (κ2) is 6.12. The number of carbonyl (C=O) groups excluding carboxylic acids is 2. The molecule has 0 radical (unpaired) electrons. The first kappa shape index (κ1) is 13.9. The molecule has 110 valence electrons. The van der Waals surface area contributed by atoms with Crippen LogP contribution in [0.15, 0.2) is 30.5 Å². The van der Waals surface area contributed by atoms with Gasteiger partial charge in [0.1, 0.15) is 5.78 Å². The Morgan fingerprint density at radius 2 is 2.00 bits per heavy atom. The molecule has 0 bridgehead atoms. The summed E-state index contributed by atoms with van der Waals surface area (Å²) in [5, 5.41) is 4.22. The number of carbonyl (C=O) groups is 2. The summed E-state index contributed by atoms with van der Waals surface area (Å²) in [7, 11) is 0. The third kappa shape index (κ3) is 3.15. The minimum Gasteiger partial charge on any atom is -0.361 e. The number of para-hydroxylation sites is 1. The van der Waals surface area contributed by atoms with Crippen molar-refractivity contribution in [1.29, 1.82) is 0 Å². The molecule has 4 heteroatoms. The van der Waals surface area contributed by atoms with E-state index in [-0.39, 0.29) is 17.6 Å². The molecular weight excluding hydrogens is 264 g/mol. The SMILES string of the molecule is O=C1CCC(C(=O)NCCc2c[nH]c3ccccc23)CC1. The van der Waals surface area contributed by atoms with Crippen molar-refractivity contribution in [3.63, 3.8) is 0 Å². The van der Waals surface area contributed by atoms with Gasteiger partial charge in [-0.2, -0.15) is 0 Å². The fourth-order valence-corrected chi connectivity index (χ4v) is 3.01. The molecule has 1 heterocycles. The molecule has 1 amide bonds. The van der Waals surface area contributed by atoms with Gasteiger partial charge in [0.25, 0.3) is 0 Å². The Morgan fingerprint density at radius 1 is 1.24 bits per heavy atom. The lowest BCUT2D eigenvalue weighted by molar-refractivity contribution is -0.128. The predicted octanol–water partition coefficient (Wildman–Crippen LogP) is 2.59. The van der Waals surface area contributed by atoms with Crippen LogP contribution >= 0.6 is 0 Å². The van der Waals surface area contributed by atoms with Crippen molar-refractivity contribution in [2.24, 2.45) is 5.92 Å². The third-order valence-electron chi connectivity index (χ3n) is 4.28. The van der Waals surface area contributed by atoms with E-state index in [1.54, 1.807) is 0 Å². The van der Waals surface area contributed by atoms with Crippen molar-refractivity contribution in [3.05, 3.63) is 36.0 Å².